The molecule has 1 aliphatic heterocycles. The number of nitro benzene ring substituents is 1. The van der Waals surface area contributed by atoms with Gasteiger partial charge < -0.3 is 9.30 Å². The van der Waals surface area contributed by atoms with Gasteiger partial charge in [-0.1, -0.05) is 6.07 Å². The first-order valence-electron chi connectivity index (χ1n) is 8.72. The van der Waals surface area contributed by atoms with Crippen molar-refractivity contribution in [2.24, 2.45) is 0 Å². The normalized spacial score (nSPS) is 13.7. The molecule has 0 spiro atoms. The SMILES string of the molecule is O=[N+]([O-])c1cc(N2CCc3sccc3C2)ccc1-c1cn2ccccc2n1. The first-order valence-corrected chi connectivity index (χ1v) is 9.60. The number of pyridine rings is 1. The minimum atomic E-state index is -0.317. The van der Waals surface area contributed by atoms with Crippen LogP contribution in [0, 0.1) is 10.1 Å². The number of nitrogens with zero attached hydrogens (tertiary/aromatic N) is 4. The minimum absolute atomic E-state index is 0.0898. The van der Waals surface area contributed by atoms with Crippen LogP contribution in [0.3, 0.4) is 0 Å². The lowest BCUT2D eigenvalue weighted by atomic mass is 10.1. The van der Waals surface area contributed by atoms with Gasteiger partial charge in [0.25, 0.3) is 5.69 Å². The molecule has 134 valence electrons. The number of anilines is 1. The van der Waals surface area contributed by atoms with E-state index in [9.17, 15) is 10.1 Å². The number of aromatic nitrogens is 2. The van der Waals surface area contributed by atoms with Crippen LogP contribution in [0.5, 0.6) is 0 Å². The van der Waals surface area contributed by atoms with E-state index in [2.05, 4.69) is 21.3 Å². The molecule has 0 saturated heterocycles. The summed E-state index contributed by atoms with van der Waals surface area (Å²) in [5, 5.41) is 13.9. The molecule has 0 bridgehead atoms. The molecule has 4 aromatic rings. The van der Waals surface area contributed by atoms with E-state index in [4.69, 9.17) is 0 Å². The van der Waals surface area contributed by atoms with Crippen LogP contribution < -0.4 is 4.90 Å². The van der Waals surface area contributed by atoms with Gasteiger partial charge in [0, 0.05) is 42.1 Å². The number of fused-ring (bicyclic) bond motifs is 2. The summed E-state index contributed by atoms with van der Waals surface area (Å²) in [6, 6.07) is 13.3. The first kappa shape index (κ1) is 16.0. The average Bonchev–Trinajstić information content (AvgIpc) is 3.33. The summed E-state index contributed by atoms with van der Waals surface area (Å²) < 4.78 is 1.87. The van der Waals surface area contributed by atoms with Crippen molar-refractivity contribution < 1.29 is 4.92 Å². The molecule has 6 nitrogen and oxygen atoms in total. The van der Waals surface area contributed by atoms with E-state index in [0.29, 0.717) is 11.3 Å². The maximum absolute atomic E-state index is 11.8. The van der Waals surface area contributed by atoms with Gasteiger partial charge in [0.05, 0.1) is 16.2 Å². The van der Waals surface area contributed by atoms with Gasteiger partial charge in [0.1, 0.15) is 5.65 Å². The predicted octanol–water partition coefficient (Wildman–Crippen LogP) is 4.53. The van der Waals surface area contributed by atoms with E-state index in [-0.39, 0.29) is 10.6 Å². The van der Waals surface area contributed by atoms with Crippen LogP contribution in [-0.4, -0.2) is 20.9 Å². The van der Waals surface area contributed by atoms with Gasteiger partial charge in [-0.05, 0) is 47.7 Å². The van der Waals surface area contributed by atoms with E-state index < -0.39 is 0 Å². The Morgan fingerprint density at radius 2 is 2.11 bits per heavy atom. The van der Waals surface area contributed by atoms with E-state index in [1.807, 2.05) is 47.1 Å². The summed E-state index contributed by atoms with van der Waals surface area (Å²) in [5.41, 5.74) is 4.21. The number of rotatable bonds is 3. The number of thiophene rings is 1. The van der Waals surface area contributed by atoms with Crippen molar-refractivity contribution in [2.75, 3.05) is 11.4 Å². The third kappa shape index (κ3) is 2.76. The topological polar surface area (TPSA) is 63.7 Å². The Morgan fingerprint density at radius 3 is 2.96 bits per heavy atom. The van der Waals surface area contributed by atoms with E-state index in [1.165, 1.54) is 10.4 Å². The largest absolute Gasteiger partial charge is 0.367 e. The predicted molar refractivity (Wildman–Crippen MR) is 106 cm³/mol. The fourth-order valence-corrected chi connectivity index (χ4v) is 4.51. The lowest BCUT2D eigenvalue weighted by molar-refractivity contribution is -0.384. The smallest absolute Gasteiger partial charge is 0.280 e. The number of benzene rings is 1. The van der Waals surface area contributed by atoms with Crippen molar-refractivity contribution >= 4 is 28.4 Å². The highest BCUT2D eigenvalue weighted by Gasteiger charge is 2.23. The van der Waals surface area contributed by atoms with Gasteiger partial charge >= 0.3 is 0 Å². The molecule has 1 aliphatic rings. The molecule has 0 fully saturated rings. The summed E-state index contributed by atoms with van der Waals surface area (Å²) >= 11 is 1.79. The summed E-state index contributed by atoms with van der Waals surface area (Å²) in [6.45, 7) is 1.67. The Kier molecular flexibility index (Phi) is 3.68. The Balaban J connectivity index is 1.55. The first-order chi connectivity index (χ1) is 13.2. The molecule has 5 rings (SSSR count). The number of hydrogen-bond donors (Lipinski definition) is 0. The van der Waals surface area contributed by atoms with Crippen molar-refractivity contribution in [1.82, 2.24) is 9.38 Å². The van der Waals surface area contributed by atoms with Crippen molar-refractivity contribution in [3.63, 3.8) is 0 Å². The molecule has 1 aromatic carbocycles. The van der Waals surface area contributed by atoms with Crippen LogP contribution in [0.2, 0.25) is 0 Å². The van der Waals surface area contributed by atoms with Crippen LogP contribution in [0.4, 0.5) is 11.4 Å². The van der Waals surface area contributed by atoms with Crippen molar-refractivity contribution in [1.29, 1.82) is 0 Å². The fraction of sp³-hybridized carbons (Fsp3) is 0.150. The van der Waals surface area contributed by atoms with Crippen molar-refractivity contribution in [3.8, 4) is 11.3 Å². The van der Waals surface area contributed by atoms with Crippen LogP contribution in [0.25, 0.3) is 16.9 Å². The minimum Gasteiger partial charge on any atom is -0.367 e. The van der Waals surface area contributed by atoms with Crippen LogP contribution in [0.15, 0.2) is 60.2 Å². The van der Waals surface area contributed by atoms with E-state index >= 15 is 0 Å². The monoisotopic (exact) mass is 376 g/mol. The van der Waals surface area contributed by atoms with Gasteiger partial charge in [-0.3, -0.25) is 10.1 Å². The maximum atomic E-state index is 11.8. The molecule has 0 unspecified atom stereocenters. The van der Waals surface area contributed by atoms with Crippen LogP contribution in [0.1, 0.15) is 10.4 Å². The zero-order valence-electron chi connectivity index (χ0n) is 14.4. The van der Waals surface area contributed by atoms with Gasteiger partial charge in [-0.25, -0.2) is 4.98 Å². The third-order valence-corrected chi connectivity index (χ3v) is 6.01. The van der Waals surface area contributed by atoms with Gasteiger partial charge in [0.2, 0.25) is 0 Å². The standard InChI is InChI=1S/C20H16N4O2S/c25-24(26)18-11-15(22-9-6-19-14(12-22)7-10-27-19)4-5-16(18)17-13-23-8-2-1-3-20(23)21-17/h1-5,7-8,10-11,13H,6,9,12H2. The lowest BCUT2D eigenvalue weighted by Gasteiger charge is -2.29. The third-order valence-electron chi connectivity index (χ3n) is 4.99. The van der Waals surface area contributed by atoms with E-state index in [1.54, 1.807) is 17.4 Å². The molecular weight excluding hydrogens is 360 g/mol. The lowest BCUT2D eigenvalue weighted by Crippen LogP contribution is -2.29. The summed E-state index contributed by atoms with van der Waals surface area (Å²) in [4.78, 5) is 19.6. The summed E-state index contributed by atoms with van der Waals surface area (Å²) in [6.07, 6.45) is 4.70. The number of imidazole rings is 1. The average molecular weight is 376 g/mol. The zero-order valence-corrected chi connectivity index (χ0v) is 15.2. The van der Waals surface area contributed by atoms with E-state index in [0.717, 1.165) is 30.8 Å². The second kappa shape index (κ2) is 6.21. The second-order valence-electron chi connectivity index (χ2n) is 6.59. The molecule has 0 aliphatic carbocycles. The van der Waals surface area contributed by atoms with Gasteiger partial charge in [-0.2, -0.15) is 0 Å². The molecule has 0 atom stereocenters. The number of nitro groups is 1. The van der Waals surface area contributed by atoms with Gasteiger partial charge in [-0.15, -0.1) is 11.3 Å². The maximum Gasteiger partial charge on any atom is 0.280 e. The molecule has 4 heterocycles. The highest BCUT2D eigenvalue weighted by Crippen LogP contribution is 2.35. The van der Waals surface area contributed by atoms with Crippen molar-refractivity contribution in [3.05, 3.63) is 80.8 Å². The second-order valence-corrected chi connectivity index (χ2v) is 7.59. The fourth-order valence-electron chi connectivity index (χ4n) is 3.62. The Labute approximate surface area is 159 Å². The van der Waals surface area contributed by atoms with Crippen LogP contribution >= 0.6 is 11.3 Å². The molecule has 0 saturated carbocycles. The highest BCUT2D eigenvalue weighted by atomic mass is 32.1. The zero-order chi connectivity index (χ0) is 18.4. The molecule has 0 N–H and O–H groups in total. The number of hydrogen-bond acceptors (Lipinski definition) is 5. The van der Waals surface area contributed by atoms with Crippen molar-refractivity contribution in [2.45, 2.75) is 13.0 Å². The highest BCUT2D eigenvalue weighted by molar-refractivity contribution is 7.10. The Morgan fingerprint density at radius 1 is 1.19 bits per heavy atom. The molecule has 0 radical (unpaired) electrons. The quantitative estimate of drug-likeness (QED) is 0.389. The van der Waals surface area contributed by atoms with Crippen LogP contribution in [-0.2, 0) is 13.0 Å². The summed E-state index contributed by atoms with van der Waals surface area (Å²) in [7, 11) is 0. The van der Waals surface area contributed by atoms with Gasteiger partial charge in [0.15, 0.2) is 0 Å². The molecular formula is C20H16N4O2S. The molecule has 7 heteroatoms. The Hall–Kier alpha value is -3.19. The molecule has 0 amide bonds. The molecule has 27 heavy (non-hydrogen) atoms. The summed E-state index contributed by atoms with van der Waals surface area (Å²) in [5.74, 6) is 0. The molecule has 3 aromatic heterocycles. The Bertz CT molecular complexity index is 1130.